The van der Waals surface area contributed by atoms with Crippen molar-refractivity contribution in [2.24, 2.45) is 0 Å². The van der Waals surface area contributed by atoms with Gasteiger partial charge >= 0.3 is 0 Å². The van der Waals surface area contributed by atoms with Gasteiger partial charge in [-0.25, -0.2) is 0 Å². The van der Waals surface area contributed by atoms with Gasteiger partial charge in [-0.1, -0.05) is 12.1 Å². The summed E-state index contributed by atoms with van der Waals surface area (Å²) in [4.78, 5) is 15.9. The number of hydrogen-bond acceptors (Lipinski definition) is 3. The largest absolute Gasteiger partial charge is 0.506 e. The van der Waals surface area contributed by atoms with Gasteiger partial charge in [0.15, 0.2) is 0 Å². The molecule has 104 valence electrons. The molecule has 1 heterocycles. The molecule has 0 aromatic heterocycles. The predicted octanol–water partition coefficient (Wildman–Crippen LogP) is 2.06. The number of aromatic hydroxyl groups is 1. The Bertz CT molecular complexity index is 431. The molecule has 1 N–H and O–H groups in total. The second-order valence-corrected chi connectivity index (χ2v) is 5.03. The van der Waals surface area contributed by atoms with Gasteiger partial charge in [0.05, 0.1) is 5.69 Å². The van der Waals surface area contributed by atoms with Crippen LogP contribution in [0.1, 0.15) is 12.8 Å². The minimum absolute atomic E-state index is 0.178. The second kappa shape index (κ2) is 6.66. The van der Waals surface area contributed by atoms with Crippen LogP contribution in [0, 0.1) is 0 Å². The van der Waals surface area contributed by atoms with E-state index in [-0.39, 0.29) is 5.91 Å². The summed E-state index contributed by atoms with van der Waals surface area (Å²) >= 11 is 5.60. The average molecular weight is 283 g/mol. The highest BCUT2D eigenvalue weighted by molar-refractivity contribution is 6.17. The first-order valence-electron chi connectivity index (χ1n) is 6.59. The highest BCUT2D eigenvalue weighted by atomic mass is 35.5. The van der Waals surface area contributed by atoms with Crippen LogP contribution in [0.2, 0.25) is 0 Å². The van der Waals surface area contributed by atoms with E-state index in [1.807, 2.05) is 23.1 Å². The fourth-order valence-electron chi connectivity index (χ4n) is 2.30. The van der Waals surface area contributed by atoms with Crippen LogP contribution < -0.4 is 4.90 Å². The highest BCUT2D eigenvalue weighted by Crippen LogP contribution is 2.27. The number of alkyl halides is 1. The lowest BCUT2D eigenvalue weighted by Gasteiger charge is -2.36. The van der Waals surface area contributed by atoms with Crippen LogP contribution in [0.5, 0.6) is 5.75 Å². The molecule has 1 aromatic carbocycles. The normalized spacial score (nSPS) is 15.6. The van der Waals surface area contributed by atoms with Crippen molar-refractivity contribution in [2.45, 2.75) is 12.8 Å². The van der Waals surface area contributed by atoms with Gasteiger partial charge in [0, 0.05) is 38.5 Å². The molecule has 1 aromatic rings. The van der Waals surface area contributed by atoms with Gasteiger partial charge in [0.2, 0.25) is 5.91 Å². The third kappa shape index (κ3) is 3.53. The number of hydrogen-bond donors (Lipinski definition) is 1. The van der Waals surface area contributed by atoms with E-state index < -0.39 is 0 Å². The number of rotatable bonds is 4. The molecule has 1 aliphatic rings. The maximum atomic E-state index is 11.9. The van der Waals surface area contributed by atoms with Crippen LogP contribution in [-0.2, 0) is 4.79 Å². The molecule has 1 saturated heterocycles. The smallest absolute Gasteiger partial charge is 0.222 e. The van der Waals surface area contributed by atoms with Crippen molar-refractivity contribution in [3.8, 4) is 5.75 Å². The van der Waals surface area contributed by atoms with E-state index in [2.05, 4.69) is 4.90 Å². The fraction of sp³-hybridized carbons (Fsp3) is 0.500. The molecule has 19 heavy (non-hydrogen) atoms. The topological polar surface area (TPSA) is 43.8 Å². The first kappa shape index (κ1) is 14.0. The minimum atomic E-state index is 0.178. The second-order valence-electron chi connectivity index (χ2n) is 4.65. The van der Waals surface area contributed by atoms with Crippen molar-refractivity contribution in [3.05, 3.63) is 24.3 Å². The van der Waals surface area contributed by atoms with Crippen LogP contribution in [0.25, 0.3) is 0 Å². The summed E-state index contributed by atoms with van der Waals surface area (Å²) in [5.74, 6) is 1.01. The standard InChI is InChI=1S/C14H19ClN2O2/c15-7-3-6-14(19)17-10-8-16(9-11-17)12-4-1-2-5-13(12)18/h1-2,4-5,18H,3,6-11H2. The summed E-state index contributed by atoms with van der Waals surface area (Å²) < 4.78 is 0. The van der Waals surface area contributed by atoms with Gasteiger partial charge in [-0.2, -0.15) is 0 Å². The zero-order chi connectivity index (χ0) is 13.7. The Balaban J connectivity index is 1.89. The van der Waals surface area contributed by atoms with E-state index in [0.717, 1.165) is 25.2 Å². The van der Waals surface area contributed by atoms with Crippen molar-refractivity contribution < 1.29 is 9.90 Å². The Morgan fingerprint density at radius 2 is 1.89 bits per heavy atom. The fourth-order valence-corrected chi connectivity index (χ4v) is 2.44. The Hall–Kier alpha value is -1.42. The lowest BCUT2D eigenvalue weighted by molar-refractivity contribution is -0.131. The molecule has 4 nitrogen and oxygen atoms in total. The quantitative estimate of drug-likeness (QED) is 0.860. The molecule has 0 bridgehead atoms. The van der Waals surface area contributed by atoms with E-state index in [1.54, 1.807) is 6.07 Å². The molecule has 0 atom stereocenters. The van der Waals surface area contributed by atoms with Crippen LogP contribution in [0.3, 0.4) is 0 Å². The molecule has 0 radical (unpaired) electrons. The van der Waals surface area contributed by atoms with Crippen LogP contribution >= 0.6 is 11.6 Å². The summed E-state index contributed by atoms with van der Waals surface area (Å²) in [5, 5.41) is 9.82. The maximum absolute atomic E-state index is 11.9. The number of anilines is 1. The summed E-state index contributed by atoms with van der Waals surface area (Å²) in [7, 11) is 0. The number of nitrogens with zero attached hydrogens (tertiary/aromatic N) is 2. The molecule has 1 amide bonds. The number of piperazine rings is 1. The summed E-state index contributed by atoms with van der Waals surface area (Å²) in [6, 6.07) is 7.31. The van der Waals surface area contributed by atoms with Crippen molar-refractivity contribution >= 4 is 23.2 Å². The SMILES string of the molecule is O=C(CCCCl)N1CCN(c2ccccc2O)CC1. The maximum Gasteiger partial charge on any atom is 0.222 e. The molecular weight excluding hydrogens is 264 g/mol. The summed E-state index contributed by atoms with van der Waals surface area (Å²) in [5.41, 5.74) is 0.843. The Labute approximate surface area is 118 Å². The lowest BCUT2D eigenvalue weighted by Crippen LogP contribution is -2.48. The zero-order valence-electron chi connectivity index (χ0n) is 10.9. The van der Waals surface area contributed by atoms with Gasteiger partial charge in [-0.15, -0.1) is 11.6 Å². The molecule has 1 aliphatic heterocycles. The lowest BCUT2D eigenvalue weighted by atomic mass is 10.2. The molecule has 2 rings (SSSR count). The van der Waals surface area contributed by atoms with E-state index in [0.29, 0.717) is 31.1 Å². The minimum Gasteiger partial charge on any atom is -0.506 e. The molecule has 0 aliphatic carbocycles. The number of amides is 1. The van der Waals surface area contributed by atoms with E-state index in [9.17, 15) is 9.90 Å². The number of phenolic OH excluding ortho intramolecular Hbond substituents is 1. The first-order valence-corrected chi connectivity index (χ1v) is 7.12. The summed E-state index contributed by atoms with van der Waals surface area (Å²) in [6.45, 7) is 2.92. The Kier molecular flexibility index (Phi) is 4.91. The zero-order valence-corrected chi connectivity index (χ0v) is 11.6. The van der Waals surface area contributed by atoms with Gasteiger partial charge in [0.25, 0.3) is 0 Å². The number of phenols is 1. The van der Waals surface area contributed by atoms with Crippen molar-refractivity contribution in [3.63, 3.8) is 0 Å². The van der Waals surface area contributed by atoms with Gasteiger partial charge < -0.3 is 14.9 Å². The Morgan fingerprint density at radius 3 is 2.53 bits per heavy atom. The monoisotopic (exact) mass is 282 g/mol. The highest BCUT2D eigenvalue weighted by Gasteiger charge is 2.21. The third-order valence-electron chi connectivity index (χ3n) is 3.38. The van der Waals surface area contributed by atoms with Gasteiger partial charge in [0.1, 0.15) is 5.75 Å². The number of carbonyl (C=O) groups is 1. The number of carbonyl (C=O) groups excluding carboxylic acids is 1. The molecular formula is C14H19ClN2O2. The number of para-hydroxylation sites is 2. The molecule has 0 unspecified atom stereocenters. The summed E-state index contributed by atoms with van der Waals surface area (Å²) in [6.07, 6.45) is 1.26. The van der Waals surface area contributed by atoms with Crippen molar-refractivity contribution in [1.82, 2.24) is 4.90 Å². The molecule has 0 saturated carbocycles. The predicted molar refractivity (Wildman–Crippen MR) is 76.9 cm³/mol. The average Bonchev–Trinajstić information content (AvgIpc) is 2.45. The van der Waals surface area contributed by atoms with Crippen LogP contribution in [-0.4, -0.2) is 48.0 Å². The van der Waals surface area contributed by atoms with Crippen LogP contribution in [0.4, 0.5) is 5.69 Å². The number of halogens is 1. The van der Waals surface area contributed by atoms with Crippen LogP contribution in [0.15, 0.2) is 24.3 Å². The van der Waals surface area contributed by atoms with Crippen molar-refractivity contribution in [1.29, 1.82) is 0 Å². The number of benzene rings is 1. The van der Waals surface area contributed by atoms with Crippen molar-refractivity contribution in [2.75, 3.05) is 37.0 Å². The molecule has 5 heteroatoms. The first-order chi connectivity index (χ1) is 9.22. The van der Waals surface area contributed by atoms with Gasteiger partial charge in [-0.05, 0) is 18.6 Å². The van der Waals surface area contributed by atoms with E-state index in [1.165, 1.54) is 0 Å². The van der Waals surface area contributed by atoms with Gasteiger partial charge in [-0.3, -0.25) is 4.79 Å². The third-order valence-corrected chi connectivity index (χ3v) is 3.65. The Morgan fingerprint density at radius 1 is 1.21 bits per heavy atom. The van der Waals surface area contributed by atoms with E-state index >= 15 is 0 Å². The molecule has 1 fully saturated rings. The van der Waals surface area contributed by atoms with E-state index in [4.69, 9.17) is 11.6 Å². The molecule has 0 spiro atoms.